The van der Waals surface area contributed by atoms with Gasteiger partial charge in [-0.2, -0.15) is 0 Å². The Labute approximate surface area is 116 Å². The number of carbonyl (C=O) groups excluding carboxylic acids is 2. The smallest absolute Gasteiger partial charge is 0.172 e. The Morgan fingerprint density at radius 2 is 2.05 bits per heavy atom. The maximum Gasteiger partial charge on any atom is 0.172 e. The van der Waals surface area contributed by atoms with Gasteiger partial charge in [-0.1, -0.05) is 0 Å². The third-order valence-electron chi connectivity index (χ3n) is 3.00. The number of hydrogen-bond donors (Lipinski definition) is 0. The molecule has 0 spiro atoms. The van der Waals surface area contributed by atoms with E-state index >= 15 is 0 Å². The van der Waals surface area contributed by atoms with Crippen LogP contribution in [0.25, 0.3) is 6.08 Å². The Balaban J connectivity index is 2.54. The molecule has 1 aromatic rings. The van der Waals surface area contributed by atoms with E-state index < -0.39 is 23.8 Å². The number of Topliss-reactive ketones (excluding diaryl/α,β-unsaturated/α-hetero) is 1. The van der Waals surface area contributed by atoms with Crippen LogP contribution in [0.2, 0.25) is 0 Å². The zero-order chi connectivity index (χ0) is 14.9. The van der Waals surface area contributed by atoms with Gasteiger partial charge in [-0.25, -0.2) is 0 Å². The molecule has 1 aliphatic heterocycles. The van der Waals surface area contributed by atoms with Crippen molar-refractivity contribution >= 4 is 17.8 Å². The summed E-state index contributed by atoms with van der Waals surface area (Å²) in [6, 6.07) is 3.13. The Hall–Kier alpha value is -2.30. The van der Waals surface area contributed by atoms with Crippen LogP contribution >= 0.6 is 0 Å². The first-order valence-corrected chi connectivity index (χ1v) is 6.16. The van der Waals surface area contributed by atoms with Gasteiger partial charge in [0.2, 0.25) is 0 Å². The number of ether oxygens (including phenoxy) is 2. The second kappa shape index (κ2) is 5.00. The van der Waals surface area contributed by atoms with Gasteiger partial charge in [0, 0.05) is 5.97 Å². The first-order chi connectivity index (χ1) is 9.34. The van der Waals surface area contributed by atoms with Gasteiger partial charge in [-0.3, -0.25) is 4.79 Å². The number of methoxy groups -OCH3 is 1. The number of carboxylic acid groups (broad SMARTS) is 1. The predicted octanol–water partition coefficient (Wildman–Crippen LogP) is 1.20. The van der Waals surface area contributed by atoms with Crippen molar-refractivity contribution in [1.29, 1.82) is 0 Å². The maximum atomic E-state index is 12.0. The van der Waals surface area contributed by atoms with E-state index in [1.807, 2.05) is 26.0 Å². The molecule has 0 amide bonds. The van der Waals surface area contributed by atoms with Gasteiger partial charge in [-0.05, 0) is 38.1 Å². The van der Waals surface area contributed by atoms with E-state index in [0.717, 1.165) is 0 Å². The highest BCUT2D eigenvalue weighted by Crippen LogP contribution is 2.39. The molecular formula is C15H15O5-. The number of fused-ring (bicyclic) bond motifs is 1. The lowest BCUT2D eigenvalue weighted by Gasteiger charge is -2.30. The van der Waals surface area contributed by atoms with Gasteiger partial charge in [0.1, 0.15) is 17.1 Å². The number of carboxylic acids is 1. The van der Waals surface area contributed by atoms with Crippen molar-refractivity contribution in [3.8, 4) is 11.5 Å². The zero-order valence-corrected chi connectivity index (χ0v) is 11.6. The summed E-state index contributed by atoms with van der Waals surface area (Å²) in [7, 11) is 1.52. The van der Waals surface area contributed by atoms with E-state index in [1.54, 1.807) is 6.07 Å². The van der Waals surface area contributed by atoms with Crippen molar-refractivity contribution in [1.82, 2.24) is 0 Å². The molecular weight excluding hydrogens is 260 g/mol. The van der Waals surface area contributed by atoms with Gasteiger partial charge in [0.15, 0.2) is 5.78 Å². The van der Waals surface area contributed by atoms with Crippen molar-refractivity contribution in [2.75, 3.05) is 7.11 Å². The summed E-state index contributed by atoms with van der Waals surface area (Å²) in [6.07, 6.45) is 2.99. The van der Waals surface area contributed by atoms with Gasteiger partial charge in [0.25, 0.3) is 0 Å². The summed E-state index contributed by atoms with van der Waals surface area (Å²) in [5.41, 5.74) is 0.286. The molecule has 0 N–H and O–H groups in total. The van der Waals surface area contributed by atoms with Gasteiger partial charge < -0.3 is 19.4 Å². The van der Waals surface area contributed by atoms with E-state index in [4.69, 9.17) is 9.47 Å². The van der Waals surface area contributed by atoms with Crippen LogP contribution in [-0.4, -0.2) is 24.5 Å². The largest absolute Gasteiger partial charge is 0.550 e. The summed E-state index contributed by atoms with van der Waals surface area (Å²) in [5.74, 6) is -1.04. The summed E-state index contributed by atoms with van der Waals surface area (Å²) in [5, 5.41) is 10.6. The van der Waals surface area contributed by atoms with Crippen LogP contribution in [0.3, 0.4) is 0 Å². The van der Waals surface area contributed by atoms with Crippen LogP contribution in [0.4, 0.5) is 0 Å². The lowest BCUT2D eigenvalue weighted by molar-refractivity contribution is -0.304. The van der Waals surface area contributed by atoms with E-state index in [0.29, 0.717) is 17.1 Å². The molecule has 0 bridgehead atoms. The monoisotopic (exact) mass is 275 g/mol. The topological polar surface area (TPSA) is 75.7 Å². The van der Waals surface area contributed by atoms with Crippen LogP contribution in [-0.2, 0) is 4.79 Å². The molecule has 0 unspecified atom stereocenters. The summed E-state index contributed by atoms with van der Waals surface area (Å²) in [6.45, 7) is 3.69. The average Bonchev–Trinajstić information content (AvgIpc) is 2.35. The van der Waals surface area contributed by atoms with E-state index in [2.05, 4.69) is 0 Å². The van der Waals surface area contributed by atoms with Crippen LogP contribution in [0.15, 0.2) is 18.2 Å². The maximum absolute atomic E-state index is 12.0. The molecule has 1 aliphatic rings. The second-order valence-electron chi connectivity index (χ2n) is 5.07. The van der Waals surface area contributed by atoms with Crippen molar-refractivity contribution < 1.29 is 24.2 Å². The third-order valence-corrected chi connectivity index (χ3v) is 3.00. The van der Waals surface area contributed by atoms with Crippen molar-refractivity contribution in [2.24, 2.45) is 0 Å². The highest BCUT2D eigenvalue weighted by molar-refractivity contribution is 6.07. The minimum Gasteiger partial charge on any atom is -0.550 e. The fraction of sp³-hybridized carbons (Fsp3) is 0.333. The van der Waals surface area contributed by atoms with E-state index in [-0.39, 0.29) is 5.56 Å². The molecule has 0 aliphatic carbocycles. The lowest BCUT2D eigenvalue weighted by atomic mass is 9.96. The van der Waals surface area contributed by atoms with Crippen LogP contribution < -0.4 is 14.6 Å². The van der Waals surface area contributed by atoms with Crippen molar-refractivity contribution in [2.45, 2.75) is 25.9 Å². The quantitative estimate of drug-likeness (QED) is 0.609. The van der Waals surface area contributed by atoms with Crippen molar-refractivity contribution in [3.05, 3.63) is 29.3 Å². The minimum absolute atomic E-state index is 0.224. The third kappa shape index (κ3) is 2.66. The van der Waals surface area contributed by atoms with Gasteiger partial charge >= 0.3 is 0 Å². The molecule has 5 heteroatoms. The fourth-order valence-electron chi connectivity index (χ4n) is 2.05. The molecule has 0 aromatic heterocycles. The Morgan fingerprint density at radius 3 is 2.65 bits per heavy atom. The van der Waals surface area contributed by atoms with E-state index in [9.17, 15) is 14.7 Å². The minimum atomic E-state index is -1.41. The molecule has 20 heavy (non-hydrogen) atoms. The number of aliphatic carboxylic acids is 1. The second-order valence-corrected chi connectivity index (χ2v) is 5.07. The Kier molecular flexibility index (Phi) is 3.53. The zero-order valence-electron chi connectivity index (χ0n) is 11.6. The number of benzene rings is 1. The van der Waals surface area contributed by atoms with Crippen LogP contribution in [0.5, 0.6) is 11.5 Å². The average molecular weight is 275 g/mol. The lowest BCUT2D eigenvalue weighted by Crippen LogP contribution is -2.30. The molecule has 1 aromatic carbocycles. The number of ketones is 1. The number of carbonyl (C=O) groups is 2. The summed E-state index contributed by atoms with van der Waals surface area (Å²) >= 11 is 0. The molecule has 5 nitrogen and oxygen atoms in total. The van der Waals surface area contributed by atoms with E-state index in [1.165, 1.54) is 13.2 Å². The molecule has 0 saturated heterocycles. The molecule has 2 rings (SSSR count). The summed E-state index contributed by atoms with van der Waals surface area (Å²) in [4.78, 5) is 22.6. The molecule has 106 valence electrons. The first-order valence-electron chi connectivity index (χ1n) is 6.16. The molecule has 0 saturated carbocycles. The standard InChI is InChI=1S/C15H16O5/c1-15(2)7-6-10-12(19-3)5-4-9(14(10)20-15)11(16)8-13(17)18/h4-7H,8H2,1-3H3,(H,17,18)/p-1. The first kappa shape index (κ1) is 14.1. The number of hydrogen-bond acceptors (Lipinski definition) is 5. The highest BCUT2D eigenvalue weighted by Gasteiger charge is 2.28. The highest BCUT2D eigenvalue weighted by atomic mass is 16.5. The van der Waals surface area contributed by atoms with Gasteiger partial charge in [0.05, 0.1) is 24.7 Å². The van der Waals surface area contributed by atoms with Gasteiger partial charge in [-0.15, -0.1) is 0 Å². The fourth-order valence-corrected chi connectivity index (χ4v) is 2.05. The van der Waals surface area contributed by atoms with Crippen LogP contribution in [0, 0.1) is 0 Å². The normalized spacial score (nSPS) is 15.2. The molecule has 0 fully saturated rings. The Bertz CT molecular complexity index is 599. The SMILES string of the molecule is COc1ccc(C(=O)CC(=O)[O-])c2c1C=CC(C)(C)O2. The molecule has 0 radical (unpaired) electrons. The molecule has 0 atom stereocenters. The molecule has 1 heterocycles. The van der Waals surface area contributed by atoms with Crippen molar-refractivity contribution in [3.63, 3.8) is 0 Å². The summed E-state index contributed by atoms with van der Waals surface area (Å²) < 4.78 is 11.0. The predicted molar refractivity (Wildman–Crippen MR) is 70.7 cm³/mol. The Morgan fingerprint density at radius 1 is 1.35 bits per heavy atom. The van der Waals surface area contributed by atoms with Crippen LogP contribution in [0.1, 0.15) is 36.2 Å². The number of rotatable bonds is 4.